The molecule has 1 aliphatic rings. The second-order valence-corrected chi connectivity index (χ2v) is 4.23. The van der Waals surface area contributed by atoms with Crippen molar-refractivity contribution in [3.05, 3.63) is 0 Å². The van der Waals surface area contributed by atoms with Gasteiger partial charge in [0.15, 0.2) is 0 Å². The molecule has 0 aromatic carbocycles. The molecule has 1 aliphatic heterocycles. The van der Waals surface area contributed by atoms with Crippen molar-refractivity contribution in [2.75, 3.05) is 26.9 Å². The predicted molar refractivity (Wildman–Crippen MR) is 59.4 cm³/mol. The van der Waals surface area contributed by atoms with E-state index < -0.39 is 5.97 Å². The zero-order valence-corrected chi connectivity index (χ0v) is 9.94. The van der Waals surface area contributed by atoms with Gasteiger partial charge in [0.1, 0.15) is 0 Å². The topological polar surface area (TPSA) is 67.8 Å². The Bertz CT molecular complexity index is 222. The van der Waals surface area contributed by atoms with Gasteiger partial charge in [0.05, 0.1) is 12.5 Å². The minimum Gasteiger partial charge on any atom is -0.481 e. The van der Waals surface area contributed by atoms with Crippen LogP contribution in [0.1, 0.15) is 19.8 Å². The molecule has 0 saturated carbocycles. The monoisotopic (exact) mass is 231 g/mol. The highest BCUT2D eigenvalue weighted by atomic mass is 16.5. The van der Waals surface area contributed by atoms with E-state index in [-0.39, 0.29) is 24.5 Å². The third-order valence-electron chi connectivity index (χ3n) is 3.02. The minimum absolute atomic E-state index is 0.0323. The van der Waals surface area contributed by atoms with Crippen LogP contribution in [0.3, 0.4) is 0 Å². The number of aliphatic carboxylic acids is 1. The summed E-state index contributed by atoms with van der Waals surface area (Å²) in [5, 5.41) is 11.9. The molecule has 2 N–H and O–H groups in total. The van der Waals surface area contributed by atoms with Crippen LogP contribution in [0.4, 0.5) is 0 Å². The number of rotatable bonds is 7. The molecule has 0 radical (unpaired) electrons. The Morgan fingerprint density at radius 2 is 2.25 bits per heavy atom. The average Bonchev–Trinajstić information content (AvgIpc) is 2.56. The van der Waals surface area contributed by atoms with Crippen molar-refractivity contribution in [2.45, 2.75) is 31.9 Å². The van der Waals surface area contributed by atoms with E-state index in [1.807, 2.05) is 6.92 Å². The van der Waals surface area contributed by atoms with Gasteiger partial charge in [-0.25, -0.2) is 0 Å². The molecule has 94 valence electrons. The lowest BCUT2D eigenvalue weighted by Gasteiger charge is -2.18. The lowest BCUT2D eigenvalue weighted by Crippen LogP contribution is -2.29. The van der Waals surface area contributed by atoms with Gasteiger partial charge in [-0.2, -0.15) is 0 Å². The largest absolute Gasteiger partial charge is 0.481 e. The first-order chi connectivity index (χ1) is 7.65. The maximum Gasteiger partial charge on any atom is 0.304 e. The summed E-state index contributed by atoms with van der Waals surface area (Å²) in [5.74, 6) is -0.511. The summed E-state index contributed by atoms with van der Waals surface area (Å²) >= 11 is 0. The first-order valence-corrected chi connectivity index (χ1v) is 5.71. The van der Waals surface area contributed by atoms with E-state index in [0.717, 1.165) is 13.0 Å². The fraction of sp³-hybridized carbons (Fsp3) is 0.909. The standard InChI is InChI=1S/C11H21NO4/c1-8-9(6-11(13)14)12-7-10(8)16-5-3-4-15-2/h8-10,12H,3-7H2,1-2H3,(H,13,14). The maximum atomic E-state index is 10.6. The Labute approximate surface area is 96.1 Å². The zero-order chi connectivity index (χ0) is 12.0. The van der Waals surface area contributed by atoms with Crippen LogP contribution in [0.5, 0.6) is 0 Å². The second kappa shape index (κ2) is 6.83. The number of nitrogens with one attached hydrogen (secondary N) is 1. The molecule has 0 spiro atoms. The van der Waals surface area contributed by atoms with E-state index in [0.29, 0.717) is 13.2 Å². The highest BCUT2D eigenvalue weighted by Gasteiger charge is 2.34. The van der Waals surface area contributed by atoms with Crippen LogP contribution in [0.2, 0.25) is 0 Å². The van der Waals surface area contributed by atoms with Crippen LogP contribution in [-0.2, 0) is 14.3 Å². The first-order valence-electron chi connectivity index (χ1n) is 5.71. The third kappa shape index (κ3) is 4.08. The van der Waals surface area contributed by atoms with E-state index in [9.17, 15) is 4.79 Å². The summed E-state index contributed by atoms with van der Waals surface area (Å²) in [4.78, 5) is 10.6. The number of carboxylic acid groups (broad SMARTS) is 1. The molecule has 3 unspecified atom stereocenters. The van der Waals surface area contributed by atoms with Gasteiger partial charge in [0.2, 0.25) is 0 Å². The average molecular weight is 231 g/mol. The van der Waals surface area contributed by atoms with Gasteiger partial charge in [-0.15, -0.1) is 0 Å². The molecule has 1 saturated heterocycles. The molecule has 0 aliphatic carbocycles. The van der Waals surface area contributed by atoms with Crippen LogP contribution < -0.4 is 5.32 Å². The number of ether oxygens (including phenoxy) is 2. The molecular formula is C11H21NO4. The van der Waals surface area contributed by atoms with E-state index in [2.05, 4.69) is 5.32 Å². The Kier molecular flexibility index (Phi) is 5.73. The van der Waals surface area contributed by atoms with E-state index in [1.165, 1.54) is 0 Å². The van der Waals surface area contributed by atoms with Crippen LogP contribution in [0.25, 0.3) is 0 Å². The molecule has 16 heavy (non-hydrogen) atoms. The fourth-order valence-electron chi connectivity index (χ4n) is 1.99. The summed E-state index contributed by atoms with van der Waals surface area (Å²) in [5.41, 5.74) is 0. The van der Waals surface area contributed by atoms with E-state index in [4.69, 9.17) is 14.6 Å². The summed E-state index contributed by atoms with van der Waals surface area (Å²) in [6.45, 7) is 4.15. The molecule has 0 aromatic heterocycles. The molecule has 0 aromatic rings. The molecule has 0 amide bonds. The van der Waals surface area contributed by atoms with Crippen molar-refractivity contribution in [3.8, 4) is 0 Å². The quantitative estimate of drug-likeness (QED) is 0.624. The van der Waals surface area contributed by atoms with Crippen molar-refractivity contribution >= 4 is 5.97 Å². The molecule has 0 bridgehead atoms. The molecule has 1 heterocycles. The van der Waals surface area contributed by atoms with Crippen molar-refractivity contribution in [3.63, 3.8) is 0 Å². The van der Waals surface area contributed by atoms with Crippen molar-refractivity contribution in [2.24, 2.45) is 5.92 Å². The molecule has 5 heteroatoms. The highest BCUT2D eigenvalue weighted by Crippen LogP contribution is 2.21. The Morgan fingerprint density at radius 3 is 2.88 bits per heavy atom. The summed E-state index contributed by atoms with van der Waals surface area (Å²) in [6.07, 6.45) is 1.17. The van der Waals surface area contributed by atoms with Crippen molar-refractivity contribution in [1.82, 2.24) is 5.32 Å². The lowest BCUT2D eigenvalue weighted by atomic mass is 9.98. The van der Waals surface area contributed by atoms with Crippen molar-refractivity contribution in [1.29, 1.82) is 0 Å². The van der Waals surface area contributed by atoms with Crippen LogP contribution in [0.15, 0.2) is 0 Å². The molecule has 1 rings (SSSR count). The van der Waals surface area contributed by atoms with Crippen LogP contribution in [-0.4, -0.2) is 50.1 Å². The molecule has 5 nitrogen and oxygen atoms in total. The number of carboxylic acids is 1. The Morgan fingerprint density at radius 1 is 1.50 bits per heavy atom. The number of methoxy groups -OCH3 is 1. The first kappa shape index (κ1) is 13.4. The normalized spacial score (nSPS) is 29.5. The highest BCUT2D eigenvalue weighted by molar-refractivity contribution is 5.67. The SMILES string of the molecule is COCCCOC1CNC(CC(=O)O)C1C. The molecule has 1 fully saturated rings. The van der Waals surface area contributed by atoms with Gasteiger partial charge < -0.3 is 19.9 Å². The third-order valence-corrected chi connectivity index (χ3v) is 3.02. The minimum atomic E-state index is -0.760. The van der Waals surface area contributed by atoms with Gasteiger partial charge in [0, 0.05) is 32.9 Å². The van der Waals surface area contributed by atoms with Crippen LogP contribution in [0, 0.1) is 5.92 Å². The van der Waals surface area contributed by atoms with Gasteiger partial charge in [-0.05, 0) is 12.3 Å². The van der Waals surface area contributed by atoms with Gasteiger partial charge in [-0.3, -0.25) is 4.79 Å². The summed E-state index contributed by atoms with van der Waals surface area (Å²) in [7, 11) is 1.67. The van der Waals surface area contributed by atoms with E-state index in [1.54, 1.807) is 7.11 Å². The smallest absolute Gasteiger partial charge is 0.304 e. The van der Waals surface area contributed by atoms with Crippen molar-refractivity contribution < 1.29 is 19.4 Å². The van der Waals surface area contributed by atoms with Gasteiger partial charge in [0.25, 0.3) is 0 Å². The van der Waals surface area contributed by atoms with Gasteiger partial charge >= 0.3 is 5.97 Å². The number of carbonyl (C=O) groups is 1. The van der Waals surface area contributed by atoms with Gasteiger partial charge in [-0.1, -0.05) is 6.92 Å². The lowest BCUT2D eigenvalue weighted by molar-refractivity contribution is -0.137. The number of hydrogen-bond acceptors (Lipinski definition) is 4. The summed E-state index contributed by atoms with van der Waals surface area (Å²) in [6, 6.07) is 0.0323. The number of hydrogen-bond donors (Lipinski definition) is 2. The van der Waals surface area contributed by atoms with Crippen LogP contribution >= 0.6 is 0 Å². The fourth-order valence-corrected chi connectivity index (χ4v) is 1.99. The summed E-state index contributed by atoms with van der Waals surface area (Å²) < 4.78 is 10.6. The Hall–Kier alpha value is -0.650. The molecule has 3 atom stereocenters. The zero-order valence-electron chi connectivity index (χ0n) is 9.94. The Balaban J connectivity index is 2.22. The van der Waals surface area contributed by atoms with E-state index >= 15 is 0 Å². The second-order valence-electron chi connectivity index (χ2n) is 4.23. The molecular weight excluding hydrogens is 210 g/mol. The predicted octanol–water partition coefficient (Wildman–Crippen LogP) is 0.491. The maximum absolute atomic E-state index is 10.6.